The highest BCUT2D eigenvalue weighted by Crippen LogP contribution is 2.26. The Hall–Kier alpha value is -0.650. The Morgan fingerprint density at radius 1 is 1.44 bits per heavy atom. The Morgan fingerprint density at radius 3 is 2.56 bits per heavy atom. The van der Waals surface area contributed by atoms with Gasteiger partial charge in [-0.1, -0.05) is 39.3 Å². The molecule has 0 radical (unpaired) electrons. The van der Waals surface area contributed by atoms with Crippen LogP contribution >= 0.6 is 11.6 Å². The molecular weight excluding hydrogens is 272 g/mol. The fourth-order valence-electron chi connectivity index (χ4n) is 1.12. The molecule has 0 saturated heterocycles. The van der Waals surface area contributed by atoms with Crippen molar-refractivity contribution in [2.75, 3.05) is 6.54 Å². The van der Waals surface area contributed by atoms with Gasteiger partial charge in [0, 0.05) is 18.9 Å². The molecule has 0 unspecified atom stereocenters. The van der Waals surface area contributed by atoms with Crippen molar-refractivity contribution in [3.05, 3.63) is 23.5 Å². The first kappa shape index (κ1) is 15.4. The number of hydrogen-bond acceptors (Lipinski definition) is 3. The predicted octanol–water partition coefficient (Wildman–Crippen LogP) is 2.70. The lowest BCUT2D eigenvalue weighted by Crippen LogP contribution is -2.37. The first-order valence-electron chi connectivity index (χ1n) is 5.76. The molecule has 4 nitrogen and oxygen atoms in total. The summed E-state index contributed by atoms with van der Waals surface area (Å²) >= 11 is 5.86. The molecular formula is C12H19ClN2O2S. The number of nitrogens with zero attached hydrogens (tertiary/aromatic N) is 1. The summed E-state index contributed by atoms with van der Waals surface area (Å²) in [5.74, 6) is 0.365. The second-order valence-corrected chi connectivity index (χ2v) is 7.42. The van der Waals surface area contributed by atoms with Crippen LogP contribution in [0.4, 0.5) is 0 Å². The number of aromatic nitrogens is 1. The third-order valence-corrected chi connectivity index (χ3v) is 5.17. The lowest BCUT2D eigenvalue weighted by molar-refractivity contribution is 0.252. The number of halogens is 1. The summed E-state index contributed by atoms with van der Waals surface area (Å²) in [5, 5.41) is 0.180. The molecule has 0 atom stereocenters. The van der Waals surface area contributed by atoms with Crippen molar-refractivity contribution < 1.29 is 8.42 Å². The lowest BCUT2D eigenvalue weighted by atomic mass is 9.81. The summed E-state index contributed by atoms with van der Waals surface area (Å²) in [4.78, 5) is 3.81. The first-order valence-corrected chi connectivity index (χ1v) is 7.62. The molecule has 1 rings (SSSR count). The summed E-state index contributed by atoms with van der Waals surface area (Å²) in [5.41, 5.74) is -0.123. The average molecular weight is 291 g/mol. The van der Waals surface area contributed by atoms with Crippen molar-refractivity contribution in [2.24, 2.45) is 11.3 Å². The van der Waals surface area contributed by atoms with Gasteiger partial charge in [-0.05, 0) is 17.4 Å². The van der Waals surface area contributed by atoms with E-state index in [1.165, 1.54) is 18.5 Å². The minimum absolute atomic E-state index is 0.0197. The molecule has 1 N–H and O–H groups in total. The van der Waals surface area contributed by atoms with Crippen LogP contribution in [0.15, 0.2) is 23.4 Å². The van der Waals surface area contributed by atoms with E-state index in [2.05, 4.69) is 23.6 Å². The van der Waals surface area contributed by atoms with Gasteiger partial charge >= 0.3 is 0 Å². The van der Waals surface area contributed by atoms with E-state index in [0.29, 0.717) is 12.5 Å². The van der Waals surface area contributed by atoms with Crippen LogP contribution in [-0.2, 0) is 10.0 Å². The molecule has 1 aromatic rings. The predicted molar refractivity (Wildman–Crippen MR) is 73.1 cm³/mol. The van der Waals surface area contributed by atoms with Gasteiger partial charge in [-0.2, -0.15) is 0 Å². The Labute approximate surface area is 114 Å². The molecule has 1 aromatic heterocycles. The van der Waals surface area contributed by atoms with E-state index in [1.807, 2.05) is 13.8 Å². The molecule has 0 aliphatic rings. The Balaban J connectivity index is 2.88. The van der Waals surface area contributed by atoms with Gasteiger partial charge in [0.15, 0.2) is 0 Å². The highest BCUT2D eigenvalue weighted by Gasteiger charge is 2.26. The van der Waals surface area contributed by atoms with Gasteiger partial charge in [0.25, 0.3) is 0 Å². The van der Waals surface area contributed by atoms with Gasteiger partial charge in [-0.3, -0.25) is 4.98 Å². The molecule has 1 heterocycles. The summed E-state index contributed by atoms with van der Waals surface area (Å²) in [6.07, 6.45) is 2.71. The summed E-state index contributed by atoms with van der Waals surface area (Å²) in [6.45, 7) is 8.52. The van der Waals surface area contributed by atoms with Gasteiger partial charge in [0.2, 0.25) is 10.0 Å². The molecule has 0 saturated carbocycles. The molecule has 0 fully saturated rings. The monoisotopic (exact) mass is 290 g/mol. The van der Waals surface area contributed by atoms with Crippen molar-refractivity contribution in [3.63, 3.8) is 0 Å². The smallest absolute Gasteiger partial charge is 0.243 e. The molecule has 102 valence electrons. The maximum atomic E-state index is 12.1. The van der Waals surface area contributed by atoms with Crippen LogP contribution in [0.3, 0.4) is 0 Å². The highest BCUT2D eigenvalue weighted by atomic mass is 35.5. The standard InChI is InChI=1S/C12H19ClN2O2S/c1-9(2)12(3,4)8-15-18(16,17)11-7-14-6-5-10(11)13/h5-7,9,15H,8H2,1-4H3. The van der Waals surface area contributed by atoms with Crippen LogP contribution in [0.1, 0.15) is 27.7 Å². The Kier molecular flexibility index (Phi) is 4.75. The number of sulfonamides is 1. The number of hydrogen-bond donors (Lipinski definition) is 1. The van der Waals surface area contributed by atoms with Crippen molar-refractivity contribution in [1.82, 2.24) is 9.71 Å². The zero-order chi connectivity index (χ0) is 14.0. The second-order valence-electron chi connectivity index (χ2n) is 5.27. The SMILES string of the molecule is CC(C)C(C)(C)CNS(=O)(=O)c1cnccc1Cl. The summed E-state index contributed by atoms with van der Waals surface area (Å²) in [6, 6.07) is 1.46. The van der Waals surface area contributed by atoms with Crippen molar-refractivity contribution in [2.45, 2.75) is 32.6 Å². The third-order valence-electron chi connectivity index (χ3n) is 3.30. The first-order chi connectivity index (χ1) is 8.17. The van der Waals surface area contributed by atoms with Crippen LogP contribution in [0.25, 0.3) is 0 Å². The summed E-state index contributed by atoms with van der Waals surface area (Å²) in [7, 11) is -3.60. The van der Waals surface area contributed by atoms with Crippen LogP contribution < -0.4 is 4.72 Å². The molecule has 6 heteroatoms. The number of rotatable bonds is 5. The summed E-state index contributed by atoms with van der Waals surface area (Å²) < 4.78 is 26.8. The maximum Gasteiger partial charge on any atom is 0.243 e. The molecule has 0 aliphatic heterocycles. The molecule has 0 aromatic carbocycles. The second kappa shape index (κ2) is 5.55. The minimum Gasteiger partial charge on any atom is -0.263 e. The Bertz CT molecular complexity index is 513. The van der Waals surface area contributed by atoms with E-state index >= 15 is 0 Å². The number of pyridine rings is 1. The molecule has 18 heavy (non-hydrogen) atoms. The molecule has 0 bridgehead atoms. The van der Waals surface area contributed by atoms with E-state index < -0.39 is 10.0 Å². The maximum absolute atomic E-state index is 12.1. The van der Waals surface area contributed by atoms with Crippen LogP contribution in [0, 0.1) is 11.3 Å². The van der Waals surface area contributed by atoms with E-state index in [1.54, 1.807) is 0 Å². The van der Waals surface area contributed by atoms with Crippen molar-refractivity contribution in [3.8, 4) is 0 Å². The van der Waals surface area contributed by atoms with Crippen molar-refractivity contribution >= 4 is 21.6 Å². The lowest BCUT2D eigenvalue weighted by Gasteiger charge is -2.29. The van der Waals surface area contributed by atoms with Crippen molar-refractivity contribution in [1.29, 1.82) is 0 Å². The highest BCUT2D eigenvalue weighted by molar-refractivity contribution is 7.89. The normalized spacial score (nSPS) is 13.0. The largest absolute Gasteiger partial charge is 0.263 e. The zero-order valence-corrected chi connectivity index (χ0v) is 12.6. The molecule has 0 spiro atoms. The van der Waals surface area contributed by atoms with Gasteiger partial charge in [-0.15, -0.1) is 0 Å². The zero-order valence-electron chi connectivity index (χ0n) is 11.1. The topological polar surface area (TPSA) is 59.1 Å². The van der Waals surface area contributed by atoms with Crippen LogP contribution in [0.2, 0.25) is 5.02 Å². The average Bonchev–Trinajstić information content (AvgIpc) is 2.27. The minimum atomic E-state index is -3.60. The van der Waals surface area contributed by atoms with Gasteiger partial charge in [0.05, 0.1) is 5.02 Å². The van der Waals surface area contributed by atoms with Crippen LogP contribution in [0.5, 0.6) is 0 Å². The third kappa shape index (κ3) is 3.67. The quantitative estimate of drug-likeness (QED) is 0.907. The molecule has 0 aliphatic carbocycles. The van der Waals surface area contributed by atoms with E-state index in [0.717, 1.165) is 0 Å². The van der Waals surface area contributed by atoms with Gasteiger partial charge < -0.3 is 0 Å². The van der Waals surface area contributed by atoms with Gasteiger partial charge in [-0.25, -0.2) is 13.1 Å². The van der Waals surface area contributed by atoms with E-state index in [4.69, 9.17) is 11.6 Å². The fraction of sp³-hybridized carbons (Fsp3) is 0.583. The Morgan fingerprint density at radius 2 is 2.06 bits per heavy atom. The molecule has 0 amide bonds. The fourth-order valence-corrected chi connectivity index (χ4v) is 2.78. The van der Waals surface area contributed by atoms with E-state index in [-0.39, 0.29) is 15.3 Å². The number of nitrogens with one attached hydrogen (secondary N) is 1. The van der Waals surface area contributed by atoms with E-state index in [9.17, 15) is 8.42 Å². The van der Waals surface area contributed by atoms with Gasteiger partial charge in [0.1, 0.15) is 4.90 Å². The van der Waals surface area contributed by atoms with Crippen LogP contribution in [-0.4, -0.2) is 19.9 Å².